The highest BCUT2D eigenvalue weighted by atomic mass is 32.2. The number of hydrogen-bond donors (Lipinski definition) is 1. The lowest BCUT2D eigenvalue weighted by Crippen LogP contribution is -2.46. The highest BCUT2D eigenvalue weighted by Gasteiger charge is 2.21. The number of nitrogens with one attached hydrogen (secondary N) is 1. The molecule has 0 amide bonds. The summed E-state index contributed by atoms with van der Waals surface area (Å²) in [4.78, 5) is 23.5. The number of H-pyrrole nitrogens is 1. The Labute approximate surface area is 200 Å². The largest absolute Gasteiger partial charge is 0.367 e. The highest BCUT2D eigenvalue weighted by molar-refractivity contribution is 8.00. The van der Waals surface area contributed by atoms with E-state index in [4.69, 9.17) is 4.98 Å². The standard InChI is InChI=1S/C25H24N6S2/c1-32-23-8-7-22(33-23)25-28-19-3-2-4-21(24(19)29-25)31-13-11-30(12-14-31)16-17-5-6-18-20(15-17)27-10-9-26-18/h2-10,15H,11-14,16H2,1H3,(H,28,29). The SMILES string of the molecule is CSc1ccc(-c2nc3c(N4CCN(Cc5ccc6nccnc6c5)CC4)cccc3[nH]2)s1. The maximum Gasteiger partial charge on any atom is 0.148 e. The third kappa shape index (κ3) is 4.10. The van der Waals surface area contributed by atoms with Gasteiger partial charge in [-0.3, -0.25) is 14.9 Å². The van der Waals surface area contributed by atoms with Gasteiger partial charge in [0.25, 0.3) is 0 Å². The summed E-state index contributed by atoms with van der Waals surface area (Å²) in [7, 11) is 0. The smallest absolute Gasteiger partial charge is 0.148 e. The number of aromatic nitrogens is 4. The van der Waals surface area contributed by atoms with E-state index in [1.54, 1.807) is 35.5 Å². The van der Waals surface area contributed by atoms with Crippen molar-refractivity contribution < 1.29 is 0 Å². The van der Waals surface area contributed by atoms with Gasteiger partial charge >= 0.3 is 0 Å². The Kier molecular flexibility index (Phi) is 5.49. The van der Waals surface area contributed by atoms with Gasteiger partial charge in [0.2, 0.25) is 0 Å². The van der Waals surface area contributed by atoms with E-state index in [9.17, 15) is 0 Å². The molecule has 33 heavy (non-hydrogen) atoms. The van der Waals surface area contributed by atoms with Crippen LogP contribution in [0.1, 0.15) is 5.56 Å². The van der Waals surface area contributed by atoms with Gasteiger partial charge in [0.1, 0.15) is 11.3 Å². The molecule has 6 rings (SSSR count). The number of thiophene rings is 1. The molecule has 8 heteroatoms. The Hall–Kier alpha value is -2.94. The first-order valence-electron chi connectivity index (χ1n) is 11.1. The second-order valence-corrected chi connectivity index (χ2v) is 10.4. The van der Waals surface area contributed by atoms with Crippen LogP contribution in [0.15, 0.2) is 65.1 Å². The molecule has 0 unspecified atom stereocenters. The van der Waals surface area contributed by atoms with Crippen molar-refractivity contribution in [1.29, 1.82) is 0 Å². The summed E-state index contributed by atoms with van der Waals surface area (Å²) in [5.41, 5.74) is 6.58. The number of piperazine rings is 1. The van der Waals surface area contributed by atoms with E-state index in [1.807, 2.05) is 0 Å². The molecule has 2 aromatic carbocycles. The molecule has 0 aliphatic carbocycles. The van der Waals surface area contributed by atoms with Crippen LogP contribution in [0.25, 0.3) is 32.8 Å². The molecule has 1 aliphatic heterocycles. The Morgan fingerprint density at radius 1 is 0.970 bits per heavy atom. The summed E-state index contributed by atoms with van der Waals surface area (Å²) in [5, 5.41) is 0. The van der Waals surface area contributed by atoms with Gasteiger partial charge in [0.15, 0.2) is 0 Å². The fourth-order valence-corrected chi connectivity index (χ4v) is 5.95. The number of benzene rings is 2. The van der Waals surface area contributed by atoms with Crippen molar-refractivity contribution in [2.75, 3.05) is 37.3 Å². The van der Waals surface area contributed by atoms with Crippen LogP contribution in [-0.4, -0.2) is 57.3 Å². The van der Waals surface area contributed by atoms with Crippen LogP contribution in [0.3, 0.4) is 0 Å². The van der Waals surface area contributed by atoms with E-state index in [2.05, 4.69) is 79.5 Å². The minimum absolute atomic E-state index is 0.938. The van der Waals surface area contributed by atoms with Crippen LogP contribution in [0, 0.1) is 0 Å². The van der Waals surface area contributed by atoms with Crippen molar-refractivity contribution in [2.24, 2.45) is 0 Å². The van der Waals surface area contributed by atoms with Crippen molar-refractivity contribution in [3.05, 3.63) is 66.5 Å². The molecule has 0 saturated carbocycles. The normalized spacial score (nSPS) is 15.0. The van der Waals surface area contributed by atoms with Gasteiger partial charge in [-0.15, -0.1) is 23.1 Å². The molecule has 0 radical (unpaired) electrons. The molecule has 1 N–H and O–H groups in total. The maximum absolute atomic E-state index is 5.00. The predicted octanol–water partition coefficient (Wildman–Crippen LogP) is 5.28. The number of anilines is 1. The average molecular weight is 473 g/mol. The second-order valence-electron chi connectivity index (χ2n) is 8.22. The zero-order chi connectivity index (χ0) is 22.2. The Balaban J connectivity index is 1.18. The number of fused-ring (bicyclic) bond motifs is 2. The molecule has 1 saturated heterocycles. The van der Waals surface area contributed by atoms with Crippen LogP contribution < -0.4 is 4.90 Å². The molecule has 1 fully saturated rings. The third-order valence-electron chi connectivity index (χ3n) is 6.16. The van der Waals surface area contributed by atoms with E-state index in [0.717, 1.165) is 60.6 Å². The molecule has 3 aromatic heterocycles. The van der Waals surface area contributed by atoms with E-state index in [1.165, 1.54) is 20.3 Å². The molecule has 5 aromatic rings. The maximum atomic E-state index is 5.00. The average Bonchev–Trinajstić information content (AvgIpc) is 3.51. The summed E-state index contributed by atoms with van der Waals surface area (Å²) >= 11 is 3.56. The van der Waals surface area contributed by atoms with Gasteiger partial charge in [0, 0.05) is 45.1 Å². The third-order valence-corrected chi connectivity index (χ3v) is 8.34. The summed E-state index contributed by atoms with van der Waals surface area (Å²) in [6.45, 7) is 4.96. The fraction of sp³-hybridized carbons (Fsp3) is 0.240. The lowest BCUT2D eigenvalue weighted by Gasteiger charge is -2.36. The first-order valence-corrected chi connectivity index (χ1v) is 13.1. The van der Waals surface area contributed by atoms with Gasteiger partial charge in [-0.2, -0.15) is 0 Å². The van der Waals surface area contributed by atoms with Crippen molar-refractivity contribution in [3.8, 4) is 10.7 Å². The quantitative estimate of drug-likeness (QED) is 0.351. The van der Waals surface area contributed by atoms with Crippen LogP contribution in [0.4, 0.5) is 5.69 Å². The monoisotopic (exact) mass is 472 g/mol. The van der Waals surface area contributed by atoms with Crippen LogP contribution >= 0.6 is 23.1 Å². The number of para-hydroxylation sites is 1. The zero-order valence-corrected chi connectivity index (χ0v) is 20.0. The van der Waals surface area contributed by atoms with E-state index in [0.29, 0.717) is 0 Å². The number of aromatic amines is 1. The molecule has 0 spiro atoms. The summed E-state index contributed by atoms with van der Waals surface area (Å²) in [6, 6.07) is 17.2. The number of rotatable bonds is 5. The van der Waals surface area contributed by atoms with Gasteiger partial charge in [-0.25, -0.2) is 4.98 Å². The molecule has 166 valence electrons. The molecule has 0 bridgehead atoms. The Morgan fingerprint density at radius 3 is 2.64 bits per heavy atom. The number of nitrogens with zero attached hydrogens (tertiary/aromatic N) is 5. The number of imidazole rings is 1. The summed E-state index contributed by atoms with van der Waals surface area (Å²) < 4.78 is 1.31. The number of hydrogen-bond acceptors (Lipinski definition) is 7. The summed E-state index contributed by atoms with van der Waals surface area (Å²) in [6.07, 6.45) is 5.61. The van der Waals surface area contributed by atoms with Crippen molar-refractivity contribution in [3.63, 3.8) is 0 Å². The van der Waals surface area contributed by atoms with Crippen LogP contribution in [-0.2, 0) is 6.54 Å². The highest BCUT2D eigenvalue weighted by Crippen LogP contribution is 2.34. The predicted molar refractivity (Wildman–Crippen MR) is 138 cm³/mol. The number of thioether (sulfide) groups is 1. The lowest BCUT2D eigenvalue weighted by atomic mass is 10.1. The van der Waals surface area contributed by atoms with E-state index in [-0.39, 0.29) is 0 Å². The first kappa shape index (κ1) is 20.7. The second kappa shape index (κ2) is 8.78. The van der Waals surface area contributed by atoms with Crippen molar-refractivity contribution in [1.82, 2.24) is 24.8 Å². The van der Waals surface area contributed by atoms with Crippen molar-refractivity contribution in [2.45, 2.75) is 10.8 Å². The molecule has 0 atom stereocenters. The Bertz CT molecular complexity index is 1420. The van der Waals surface area contributed by atoms with Crippen LogP contribution in [0.2, 0.25) is 0 Å². The van der Waals surface area contributed by atoms with Gasteiger partial charge in [0.05, 0.1) is 31.3 Å². The van der Waals surface area contributed by atoms with Gasteiger partial charge in [-0.1, -0.05) is 12.1 Å². The minimum Gasteiger partial charge on any atom is -0.367 e. The summed E-state index contributed by atoms with van der Waals surface area (Å²) in [5.74, 6) is 0.959. The molecular weight excluding hydrogens is 448 g/mol. The minimum atomic E-state index is 0.938. The molecule has 1 aliphatic rings. The topological polar surface area (TPSA) is 60.9 Å². The first-order chi connectivity index (χ1) is 16.3. The molecule has 4 heterocycles. The van der Waals surface area contributed by atoms with Crippen LogP contribution in [0.5, 0.6) is 0 Å². The molecular formula is C25H24N6S2. The molecule has 6 nitrogen and oxygen atoms in total. The lowest BCUT2D eigenvalue weighted by molar-refractivity contribution is 0.250. The van der Waals surface area contributed by atoms with Gasteiger partial charge < -0.3 is 9.88 Å². The Morgan fingerprint density at radius 2 is 1.82 bits per heavy atom. The van der Waals surface area contributed by atoms with Crippen molar-refractivity contribution >= 4 is 50.9 Å². The fourth-order valence-electron chi connectivity index (χ4n) is 4.46. The van der Waals surface area contributed by atoms with E-state index < -0.39 is 0 Å². The van der Waals surface area contributed by atoms with Gasteiger partial charge in [-0.05, 0) is 48.2 Å². The zero-order valence-electron chi connectivity index (χ0n) is 18.4. The van der Waals surface area contributed by atoms with E-state index >= 15 is 0 Å².